The molecule has 0 heterocycles. The maximum absolute atomic E-state index is 12.7. The fraction of sp³-hybridized carbons (Fsp3) is 0.0952. The first-order valence-corrected chi connectivity index (χ1v) is 10.4. The zero-order chi connectivity index (χ0) is 20.1. The van der Waals surface area contributed by atoms with Gasteiger partial charge in [-0.2, -0.15) is 0 Å². The molecule has 1 N–H and O–H groups in total. The van der Waals surface area contributed by atoms with E-state index in [0.717, 1.165) is 10.6 Å². The molecule has 0 unspecified atom stereocenters. The van der Waals surface area contributed by atoms with Crippen LogP contribution >= 0.6 is 0 Å². The molecule has 0 saturated heterocycles. The number of hydrogen-bond donors (Lipinski definition) is 1. The average molecular weight is 396 g/mol. The normalized spacial score (nSPS) is 10.9. The van der Waals surface area contributed by atoms with Gasteiger partial charge in [-0.3, -0.25) is 9.10 Å². The Balaban J connectivity index is 1.83. The summed E-state index contributed by atoms with van der Waals surface area (Å²) in [6.07, 6.45) is 1.11. The summed E-state index contributed by atoms with van der Waals surface area (Å²) in [5.74, 6) is 0.792. The van der Waals surface area contributed by atoms with E-state index in [1.165, 1.54) is 13.1 Å². The molecule has 0 spiro atoms. The van der Waals surface area contributed by atoms with E-state index in [1.54, 1.807) is 36.4 Å². The zero-order valence-electron chi connectivity index (χ0n) is 15.5. The van der Waals surface area contributed by atoms with Crippen molar-refractivity contribution in [2.45, 2.75) is 0 Å². The third-order valence-corrected chi connectivity index (χ3v) is 5.28. The standard InChI is InChI=1S/C21H20N2O4S/c1-23(28(2,25)26)17-10-8-9-16(15-17)21(24)22-19-13-6-7-14-20(19)27-18-11-4-3-5-12-18/h3-15H,1-2H3,(H,22,24). The highest BCUT2D eigenvalue weighted by Crippen LogP contribution is 2.29. The lowest BCUT2D eigenvalue weighted by molar-refractivity contribution is 0.102. The fourth-order valence-corrected chi connectivity index (χ4v) is 3.00. The van der Waals surface area contributed by atoms with Crippen LogP contribution in [0.25, 0.3) is 0 Å². The molecule has 0 aliphatic heterocycles. The number of amides is 1. The molecule has 1 amide bonds. The summed E-state index contributed by atoms with van der Waals surface area (Å²) in [5.41, 5.74) is 1.25. The second-order valence-corrected chi connectivity index (χ2v) is 8.16. The summed E-state index contributed by atoms with van der Waals surface area (Å²) in [6, 6.07) is 22.8. The van der Waals surface area contributed by atoms with Gasteiger partial charge in [-0.05, 0) is 42.5 Å². The van der Waals surface area contributed by atoms with Gasteiger partial charge in [-0.15, -0.1) is 0 Å². The van der Waals surface area contributed by atoms with Crippen molar-refractivity contribution in [3.8, 4) is 11.5 Å². The Hall–Kier alpha value is -3.32. The highest BCUT2D eigenvalue weighted by atomic mass is 32.2. The van der Waals surface area contributed by atoms with Gasteiger partial charge in [0.25, 0.3) is 5.91 Å². The molecule has 0 aliphatic carbocycles. The van der Waals surface area contributed by atoms with Gasteiger partial charge in [0.05, 0.1) is 17.6 Å². The lowest BCUT2D eigenvalue weighted by Crippen LogP contribution is -2.25. The molecule has 3 rings (SSSR count). The highest BCUT2D eigenvalue weighted by Gasteiger charge is 2.15. The molecule has 144 valence electrons. The molecule has 0 aromatic heterocycles. The minimum Gasteiger partial charge on any atom is -0.455 e. The van der Waals surface area contributed by atoms with Crippen molar-refractivity contribution in [3.05, 3.63) is 84.4 Å². The summed E-state index contributed by atoms with van der Waals surface area (Å²) in [4.78, 5) is 12.7. The molecule has 28 heavy (non-hydrogen) atoms. The topological polar surface area (TPSA) is 75.7 Å². The number of benzene rings is 3. The van der Waals surface area contributed by atoms with Gasteiger partial charge in [0.15, 0.2) is 5.75 Å². The van der Waals surface area contributed by atoms with Crippen molar-refractivity contribution in [1.82, 2.24) is 0 Å². The number of carbonyl (C=O) groups is 1. The van der Waals surface area contributed by atoms with Crippen LogP contribution in [-0.2, 0) is 10.0 Å². The van der Waals surface area contributed by atoms with Crippen LogP contribution in [0.1, 0.15) is 10.4 Å². The number of nitrogens with one attached hydrogen (secondary N) is 1. The van der Waals surface area contributed by atoms with E-state index in [0.29, 0.717) is 28.4 Å². The SMILES string of the molecule is CN(c1cccc(C(=O)Nc2ccccc2Oc2ccccc2)c1)S(C)(=O)=O. The summed E-state index contributed by atoms with van der Waals surface area (Å²) >= 11 is 0. The van der Waals surface area contributed by atoms with E-state index in [9.17, 15) is 13.2 Å². The Bertz CT molecular complexity index is 1080. The summed E-state index contributed by atoms with van der Waals surface area (Å²) in [5, 5.41) is 2.82. The smallest absolute Gasteiger partial charge is 0.255 e. The van der Waals surface area contributed by atoms with Gasteiger partial charge in [0, 0.05) is 12.6 Å². The van der Waals surface area contributed by atoms with Crippen LogP contribution in [0, 0.1) is 0 Å². The molecule has 7 heteroatoms. The van der Waals surface area contributed by atoms with Crippen molar-refractivity contribution < 1.29 is 17.9 Å². The van der Waals surface area contributed by atoms with Gasteiger partial charge in [0.1, 0.15) is 5.75 Å². The first kappa shape index (κ1) is 19.4. The largest absolute Gasteiger partial charge is 0.455 e. The van der Waals surface area contributed by atoms with Crippen LogP contribution < -0.4 is 14.4 Å². The van der Waals surface area contributed by atoms with Crippen LogP contribution in [0.4, 0.5) is 11.4 Å². The van der Waals surface area contributed by atoms with E-state index in [2.05, 4.69) is 5.32 Å². The van der Waals surface area contributed by atoms with Crippen LogP contribution in [0.3, 0.4) is 0 Å². The van der Waals surface area contributed by atoms with Gasteiger partial charge < -0.3 is 10.1 Å². The van der Waals surface area contributed by atoms with Gasteiger partial charge in [-0.1, -0.05) is 36.4 Å². The maximum atomic E-state index is 12.7. The quantitative estimate of drug-likeness (QED) is 0.680. The Morgan fingerprint density at radius 1 is 0.929 bits per heavy atom. The van der Waals surface area contributed by atoms with Crippen LogP contribution in [-0.4, -0.2) is 27.6 Å². The zero-order valence-corrected chi connectivity index (χ0v) is 16.3. The Morgan fingerprint density at radius 3 is 2.32 bits per heavy atom. The van der Waals surface area contributed by atoms with Crippen molar-refractivity contribution >= 4 is 27.3 Å². The molecule has 0 atom stereocenters. The van der Waals surface area contributed by atoms with Gasteiger partial charge >= 0.3 is 0 Å². The van der Waals surface area contributed by atoms with Gasteiger partial charge in [0.2, 0.25) is 10.0 Å². The van der Waals surface area contributed by atoms with E-state index in [1.807, 2.05) is 36.4 Å². The summed E-state index contributed by atoms with van der Waals surface area (Å²) in [6.45, 7) is 0. The van der Waals surface area contributed by atoms with Crippen molar-refractivity contribution in [3.63, 3.8) is 0 Å². The molecular formula is C21H20N2O4S. The van der Waals surface area contributed by atoms with Crippen LogP contribution in [0.2, 0.25) is 0 Å². The number of anilines is 2. The van der Waals surface area contributed by atoms with Crippen molar-refractivity contribution in [2.75, 3.05) is 22.9 Å². The monoisotopic (exact) mass is 396 g/mol. The molecule has 3 aromatic carbocycles. The minimum atomic E-state index is -3.42. The molecule has 3 aromatic rings. The van der Waals surface area contributed by atoms with E-state index < -0.39 is 10.0 Å². The highest BCUT2D eigenvalue weighted by molar-refractivity contribution is 7.92. The average Bonchev–Trinajstić information content (AvgIpc) is 2.69. The predicted molar refractivity (Wildman–Crippen MR) is 111 cm³/mol. The number of ether oxygens (including phenoxy) is 1. The summed E-state index contributed by atoms with van der Waals surface area (Å²) in [7, 11) is -1.98. The number of sulfonamides is 1. The number of para-hydroxylation sites is 3. The predicted octanol–water partition coefficient (Wildman–Crippen LogP) is 4.13. The number of rotatable bonds is 6. The van der Waals surface area contributed by atoms with Crippen molar-refractivity contribution in [2.24, 2.45) is 0 Å². The van der Waals surface area contributed by atoms with E-state index in [-0.39, 0.29) is 5.91 Å². The first-order valence-electron chi connectivity index (χ1n) is 8.52. The second kappa shape index (κ2) is 8.14. The van der Waals surface area contributed by atoms with E-state index >= 15 is 0 Å². The maximum Gasteiger partial charge on any atom is 0.255 e. The number of nitrogens with zero attached hydrogens (tertiary/aromatic N) is 1. The lowest BCUT2D eigenvalue weighted by atomic mass is 10.2. The van der Waals surface area contributed by atoms with Crippen LogP contribution in [0.5, 0.6) is 11.5 Å². The Labute approximate surface area is 164 Å². The Morgan fingerprint density at radius 2 is 1.61 bits per heavy atom. The summed E-state index contributed by atoms with van der Waals surface area (Å²) < 4.78 is 30.4. The number of carbonyl (C=O) groups excluding carboxylic acids is 1. The number of hydrogen-bond acceptors (Lipinski definition) is 4. The second-order valence-electron chi connectivity index (χ2n) is 6.15. The van der Waals surface area contributed by atoms with Crippen molar-refractivity contribution in [1.29, 1.82) is 0 Å². The third-order valence-electron chi connectivity index (χ3n) is 4.08. The molecule has 0 aliphatic rings. The molecule has 0 fully saturated rings. The van der Waals surface area contributed by atoms with Crippen LogP contribution in [0.15, 0.2) is 78.9 Å². The molecule has 6 nitrogen and oxygen atoms in total. The molecule has 0 saturated carbocycles. The van der Waals surface area contributed by atoms with E-state index in [4.69, 9.17) is 4.74 Å². The van der Waals surface area contributed by atoms with Gasteiger partial charge in [-0.25, -0.2) is 8.42 Å². The molecular weight excluding hydrogens is 376 g/mol. The Kier molecular flexibility index (Phi) is 5.65. The minimum absolute atomic E-state index is 0.336. The lowest BCUT2D eigenvalue weighted by Gasteiger charge is -2.17. The first-order chi connectivity index (χ1) is 13.3. The third kappa shape index (κ3) is 4.69. The fourth-order valence-electron chi connectivity index (χ4n) is 2.50. The molecule has 0 bridgehead atoms. The molecule has 0 radical (unpaired) electrons.